The predicted molar refractivity (Wildman–Crippen MR) is 83.8 cm³/mol. The van der Waals surface area contributed by atoms with Crippen molar-refractivity contribution in [1.82, 2.24) is 5.32 Å². The third kappa shape index (κ3) is 3.23. The van der Waals surface area contributed by atoms with Gasteiger partial charge in [-0.1, -0.05) is 43.3 Å². The first-order chi connectivity index (χ1) is 10.5. The fourth-order valence-corrected chi connectivity index (χ4v) is 2.40. The summed E-state index contributed by atoms with van der Waals surface area (Å²) in [6.45, 7) is 1.71. The topological polar surface area (TPSA) is 96.0 Å². The lowest BCUT2D eigenvalue weighted by atomic mass is 9.97. The number of amides is 2. The zero-order valence-corrected chi connectivity index (χ0v) is 12.2. The number of fused-ring (bicyclic) bond motifs is 1. The highest BCUT2D eigenvalue weighted by Gasteiger charge is 2.25. The molecule has 0 fully saturated rings. The molecule has 0 saturated carbocycles. The summed E-state index contributed by atoms with van der Waals surface area (Å²) in [5, 5.41) is 13.1. The van der Waals surface area contributed by atoms with Crippen LogP contribution in [0.2, 0.25) is 0 Å². The number of hydrogen-bond donors (Lipinski definition) is 2. The van der Waals surface area contributed by atoms with Crippen LogP contribution in [-0.4, -0.2) is 17.9 Å². The van der Waals surface area contributed by atoms with Crippen LogP contribution >= 0.6 is 0 Å². The van der Waals surface area contributed by atoms with Crippen molar-refractivity contribution in [3.05, 3.63) is 48.0 Å². The van der Waals surface area contributed by atoms with Gasteiger partial charge in [-0.05, 0) is 22.8 Å². The van der Waals surface area contributed by atoms with E-state index in [1.807, 2.05) is 36.4 Å². The summed E-state index contributed by atoms with van der Waals surface area (Å²) in [5.41, 5.74) is 5.82. The first-order valence-corrected chi connectivity index (χ1v) is 6.99. The summed E-state index contributed by atoms with van der Waals surface area (Å²) in [7, 11) is 0. The lowest BCUT2D eigenvalue weighted by Crippen LogP contribution is -2.48. The van der Waals surface area contributed by atoms with Crippen LogP contribution in [-0.2, 0) is 4.79 Å². The molecule has 0 aromatic heterocycles. The Labute approximate surface area is 128 Å². The van der Waals surface area contributed by atoms with E-state index in [1.165, 1.54) is 0 Å². The molecule has 2 aromatic carbocycles. The number of nitriles is 1. The summed E-state index contributed by atoms with van der Waals surface area (Å²) in [5.74, 6) is -1.36. The van der Waals surface area contributed by atoms with Crippen LogP contribution in [0.1, 0.15) is 23.7 Å². The van der Waals surface area contributed by atoms with Crippen molar-refractivity contribution in [2.75, 3.05) is 0 Å². The molecule has 2 atom stereocenters. The van der Waals surface area contributed by atoms with Crippen molar-refractivity contribution in [3.63, 3.8) is 0 Å². The third-order valence-corrected chi connectivity index (χ3v) is 3.61. The zero-order chi connectivity index (χ0) is 16.1. The molecule has 2 amide bonds. The summed E-state index contributed by atoms with van der Waals surface area (Å²) < 4.78 is 0. The third-order valence-electron chi connectivity index (χ3n) is 3.61. The molecule has 5 nitrogen and oxygen atoms in total. The molecule has 0 spiro atoms. The van der Waals surface area contributed by atoms with Crippen molar-refractivity contribution in [2.24, 2.45) is 11.7 Å². The van der Waals surface area contributed by atoms with Gasteiger partial charge in [0, 0.05) is 12.0 Å². The highest BCUT2D eigenvalue weighted by molar-refractivity contribution is 6.08. The van der Waals surface area contributed by atoms with Gasteiger partial charge >= 0.3 is 0 Å². The SMILES string of the molecule is C[C@H](CC#N)[C@@H](NC(=O)c1cccc2ccccc12)C(N)=O. The Morgan fingerprint density at radius 3 is 2.59 bits per heavy atom. The quantitative estimate of drug-likeness (QED) is 0.882. The molecule has 112 valence electrons. The number of rotatable bonds is 5. The molecule has 0 aliphatic rings. The number of carbonyl (C=O) groups excluding carboxylic acids is 2. The molecule has 3 N–H and O–H groups in total. The van der Waals surface area contributed by atoms with Gasteiger partial charge in [0.05, 0.1) is 6.07 Å². The van der Waals surface area contributed by atoms with E-state index in [4.69, 9.17) is 11.0 Å². The molecule has 0 radical (unpaired) electrons. The zero-order valence-electron chi connectivity index (χ0n) is 12.2. The van der Waals surface area contributed by atoms with Gasteiger partial charge in [0.25, 0.3) is 5.91 Å². The predicted octanol–water partition coefficient (Wildman–Crippen LogP) is 1.97. The van der Waals surface area contributed by atoms with E-state index in [2.05, 4.69) is 5.32 Å². The summed E-state index contributed by atoms with van der Waals surface area (Å²) in [4.78, 5) is 24.0. The van der Waals surface area contributed by atoms with E-state index in [0.29, 0.717) is 5.56 Å². The number of nitrogens with two attached hydrogens (primary N) is 1. The van der Waals surface area contributed by atoms with Crippen molar-refractivity contribution in [2.45, 2.75) is 19.4 Å². The number of hydrogen-bond acceptors (Lipinski definition) is 3. The Bertz CT molecular complexity index is 744. The molecule has 0 aliphatic carbocycles. The van der Waals surface area contributed by atoms with Crippen LogP contribution in [0.3, 0.4) is 0 Å². The first kappa shape index (κ1) is 15.5. The number of nitrogens with one attached hydrogen (secondary N) is 1. The van der Waals surface area contributed by atoms with Gasteiger partial charge in [-0.25, -0.2) is 0 Å². The maximum atomic E-state index is 12.5. The Morgan fingerprint density at radius 1 is 1.23 bits per heavy atom. The van der Waals surface area contributed by atoms with E-state index in [1.54, 1.807) is 19.1 Å². The Hall–Kier alpha value is -2.87. The van der Waals surface area contributed by atoms with Gasteiger partial charge < -0.3 is 11.1 Å². The van der Waals surface area contributed by atoms with Gasteiger partial charge in [0.1, 0.15) is 6.04 Å². The minimum absolute atomic E-state index is 0.142. The second-order valence-electron chi connectivity index (χ2n) is 5.22. The first-order valence-electron chi connectivity index (χ1n) is 6.99. The molecule has 22 heavy (non-hydrogen) atoms. The fourth-order valence-electron chi connectivity index (χ4n) is 2.40. The minimum Gasteiger partial charge on any atom is -0.368 e. The van der Waals surface area contributed by atoms with Gasteiger partial charge in [0.2, 0.25) is 5.91 Å². The van der Waals surface area contributed by atoms with E-state index >= 15 is 0 Å². The van der Waals surface area contributed by atoms with Crippen LogP contribution in [0, 0.1) is 17.2 Å². The molecule has 0 unspecified atom stereocenters. The Morgan fingerprint density at radius 2 is 1.91 bits per heavy atom. The Balaban J connectivity index is 2.30. The van der Waals surface area contributed by atoms with Crippen LogP contribution in [0.25, 0.3) is 10.8 Å². The van der Waals surface area contributed by atoms with E-state index in [9.17, 15) is 9.59 Å². The largest absolute Gasteiger partial charge is 0.368 e. The Kier molecular flexibility index (Phi) is 4.74. The maximum Gasteiger partial charge on any atom is 0.252 e. The number of carbonyl (C=O) groups is 2. The fraction of sp³-hybridized carbons (Fsp3) is 0.235. The molecule has 2 aromatic rings. The average Bonchev–Trinajstić information content (AvgIpc) is 2.51. The van der Waals surface area contributed by atoms with Crippen LogP contribution < -0.4 is 11.1 Å². The summed E-state index contributed by atoms with van der Waals surface area (Å²) in [6, 6.07) is 14.0. The molecule has 0 aliphatic heterocycles. The number of benzene rings is 2. The summed E-state index contributed by atoms with van der Waals surface area (Å²) >= 11 is 0. The van der Waals surface area contributed by atoms with Gasteiger partial charge in [-0.3, -0.25) is 9.59 Å². The molecule has 0 bridgehead atoms. The second kappa shape index (κ2) is 6.72. The van der Waals surface area contributed by atoms with Crippen molar-refractivity contribution < 1.29 is 9.59 Å². The summed E-state index contributed by atoms with van der Waals surface area (Å²) in [6.07, 6.45) is 0.142. The van der Waals surface area contributed by atoms with E-state index < -0.39 is 11.9 Å². The van der Waals surface area contributed by atoms with Crippen LogP contribution in [0.15, 0.2) is 42.5 Å². The smallest absolute Gasteiger partial charge is 0.252 e. The highest BCUT2D eigenvalue weighted by Crippen LogP contribution is 2.19. The lowest BCUT2D eigenvalue weighted by molar-refractivity contribution is -0.120. The van der Waals surface area contributed by atoms with Gasteiger partial charge in [-0.2, -0.15) is 5.26 Å². The van der Waals surface area contributed by atoms with E-state index in [-0.39, 0.29) is 18.2 Å². The molecular weight excluding hydrogens is 278 g/mol. The van der Waals surface area contributed by atoms with Crippen molar-refractivity contribution in [1.29, 1.82) is 5.26 Å². The average molecular weight is 295 g/mol. The number of primary amides is 1. The van der Waals surface area contributed by atoms with Crippen LogP contribution in [0.4, 0.5) is 0 Å². The molecule has 0 heterocycles. The maximum absolute atomic E-state index is 12.5. The van der Waals surface area contributed by atoms with Crippen molar-refractivity contribution >= 4 is 22.6 Å². The highest BCUT2D eigenvalue weighted by atomic mass is 16.2. The van der Waals surface area contributed by atoms with Crippen LogP contribution in [0.5, 0.6) is 0 Å². The van der Waals surface area contributed by atoms with Gasteiger partial charge in [-0.15, -0.1) is 0 Å². The van der Waals surface area contributed by atoms with E-state index in [0.717, 1.165) is 10.8 Å². The van der Waals surface area contributed by atoms with Crippen molar-refractivity contribution in [3.8, 4) is 6.07 Å². The molecular formula is C17H17N3O2. The standard InChI is InChI=1S/C17H17N3O2/c1-11(9-10-18)15(16(19)21)20-17(22)14-8-4-6-12-5-2-3-7-13(12)14/h2-8,11,15H,9H2,1H3,(H2,19,21)(H,20,22)/t11-,15-/m1/s1. The molecule has 0 saturated heterocycles. The van der Waals surface area contributed by atoms with Gasteiger partial charge in [0.15, 0.2) is 0 Å². The minimum atomic E-state index is -0.869. The lowest BCUT2D eigenvalue weighted by Gasteiger charge is -2.20. The molecule has 2 rings (SSSR count). The normalized spacial score (nSPS) is 13.1. The monoisotopic (exact) mass is 295 g/mol. The molecule has 5 heteroatoms. The second-order valence-corrected chi connectivity index (χ2v) is 5.22. The number of nitrogens with zero attached hydrogens (tertiary/aromatic N) is 1.